The van der Waals surface area contributed by atoms with Crippen LogP contribution in [0.2, 0.25) is 0 Å². The van der Waals surface area contributed by atoms with Crippen LogP contribution in [0.15, 0.2) is 18.2 Å². The molecule has 0 heterocycles. The molecule has 0 amide bonds. The Hall–Kier alpha value is -1.06. The highest BCUT2D eigenvalue weighted by atomic mass is 16.5. The van der Waals surface area contributed by atoms with Crippen molar-refractivity contribution in [2.24, 2.45) is 0 Å². The average Bonchev–Trinajstić information content (AvgIpc) is 2.28. The van der Waals surface area contributed by atoms with Crippen LogP contribution in [0, 0.1) is 0 Å². The molecule has 0 spiro atoms. The maximum absolute atomic E-state index is 10.1. The van der Waals surface area contributed by atoms with E-state index in [-0.39, 0.29) is 12.1 Å². The first-order valence-electron chi connectivity index (χ1n) is 6.20. The molecule has 0 saturated heterocycles. The molecule has 1 aliphatic rings. The number of hydrogen-bond acceptors (Lipinski definition) is 3. The summed E-state index contributed by atoms with van der Waals surface area (Å²) >= 11 is 0. The number of benzene rings is 1. The van der Waals surface area contributed by atoms with Crippen LogP contribution in [0.4, 0.5) is 0 Å². The van der Waals surface area contributed by atoms with Gasteiger partial charge >= 0.3 is 0 Å². The van der Waals surface area contributed by atoms with Gasteiger partial charge in [-0.05, 0) is 23.6 Å². The van der Waals surface area contributed by atoms with Gasteiger partial charge < -0.3 is 15.2 Å². The molecule has 17 heavy (non-hydrogen) atoms. The van der Waals surface area contributed by atoms with Gasteiger partial charge in [-0.15, -0.1) is 0 Å². The lowest BCUT2D eigenvalue weighted by Crippen LogP contribution is -2.48. The molecule has 2 N–H and O–H groups in total. The molecule has 2 atom stereocenters. The Morgan fingerprint density at radius 3 is 2.76 bits per heavy atom. The summed E-state index contributed by atoms with van der Waals surface area (Å²) < 4.78 is 5.39. The van der Waals surface area contributed by atoms with Crippen molar-refractivity contribution in [1.29, 1.82) is 0 Å². The van der Waals surface area contributed by atoms with E-state index >= 15 is 0 Å². The molecule has 0 aromatic heterocycles. The van der Waals surface area contributed by atoms with Crippen molar-refractivity contribution in [2.75, 3.05) is 7.11 Å². The largest absolute Gasteiger partial charge is 0.496 e. The summed E-state index contributed by atoms with van der Waals surface area (Å²) in [6.45, 7) is 4.20. The molecular weight excluding hydrogens is 214 g/mol. The molecule has 0 bridgehead atoms. The van der Waals surface area contributed by atoms with E-state index in [1.54, 1.807) is 7.11 Å². The molecule has 1 aliphatic carbocycles. The van der Waals surface area contributed by atoms with Crippen LogP contribution in [0.25, 0.3) is 0 Å². The number of ether oxygens (including phenoxy) is 1. The Bertz CT molecular complexity index is 390. The first-order chi connectivity index (χ1) is 8.11. The van der Waals surface area contributed by atoms with Gasteiger partial charge in [-0.1, -0.05) is 26.0 Å². The fourth-order valence-electron chi connectivity index (χ4n) is 2.55. The zero-order chi connectivity index (χ0) is 12.4. The van der Waals surface area contributed by atoms with Gasteiger partial charge in [0.05, 0.1) is 13.2 Å². The SMILES string of the molecule is COc1cccc2c1CC(NC(C)C)C(O)C2. The summed E-state index contributed by atoms with van der Waals surface area (Å²) in [7, 11) is 1.70. The molecule has 2 unspecified atom stereocenters. The van der Waals surface area contributed by atoms with Crippen LogP contribution in [0.1, 0.15) is 25.0 Å². The lowest BCUT2D eigenvalue weighted by atomic mass is 9.85. The number of rotatable bonds is 3. The van der Waals surface area contributed by atoms with Crippen LogP contribution < -0.4 is 10.1 Å². The summed E-state index contributed by atoms with van der Waals surface area (Å²) in [5.41, 5.74) is 2.44. The normalized spacial score (nSPS) is 23.6. The van der Waals surface area contributed by atoms with Gasteiger partial charge in [0.1, 0.15) is 5.75 Å². The molecule has 0 saturated carbocycles. The average molecular weight is 235 g/mol. The van der Waals surface area contributed by atoms with E-state index in [1.165, 1.54) is 11.1 Å². The Labute approximate surface area is 103 Å². The molecule has 3 nitrogen and oxygen atoms in total. The smallest absolute Gasteiger partial charge is 0.122 e. The number of aliphatic hydroxyl groups is 1. The van der Waals surface area contributed by atoms with Gasteiger partial charge in [0.2, 0.25) is 0 Å². The predicted octanol–water partition coefficient (Wildman–Crippen LogP) is 1.52. The standard InChI is InChI=1S/C14H21NO2/c1-9(2)15-12-8-11-10(7-13(12)16)5-4-6-14(11)17-3/h4-6,9,12-13,15-16H,7-8H2,1-3H3. The summed E-state index contributed by atoms with van der Waals surface area (Å²) in [4.78, 5) is 0. The number of methoxy groups -OCH3 is 1. The molecule has 3 heteroatoms. The lowest BCUT2D eigenvalue weighted by Gasteiger charge is -2.32. The highest BCUT2D eigenvalue weighted by Gasteiger charge is 2.28. The van der Waals surface area contributed by atoms with Crippen molar-refractivity contribution < 1.29 is 9.84 Å². The number of aliphatic hydroxyl groups excluding tert-OH is 1. The van der Waals surface area contributed by atoms with E-state index in [1.807, 2.05) is 12.1 Å². The summed E-state index contributed by atoms with van der Waals surface area (Å²) in [6.07, 6.45) is 1.23. The van der Waals surface area contributed by atoms with E-state index in [2.05, 4.69) is 25.2 Å². The minimum absolute atomic E-state index is 0.124. The van der Waals surface area contributed by atoms with Crippen molar-refractivity contribution in [3.05, 3.63) is 29.3 Å². The van der Waals surface area contributed by atoms with Gasteiger partial charge in [-0.2, -0.15) is 0 Å². The third-order valence-corrected chi connectivity index (χ3v) is 3.31. The van der Waals surface area contributed by atoms with Crippen LogP contribution in [0.3, 0.4) is 0 Å². The van der Waals surface area contributed by atoms with Gasteiger partial charge in [0, 0.05) is 18.5 Å². The second kappa shape index (κ2) is 5.07. The molecule has 2 rings (SSSR count). The summed E-state index contributed by atoms with van der Waals surface area (Å²) in [5.74, 6) is 0.935. The Morgan fingerprint density at radius 2 is 2.12 bits per heavy atom. The molecular formula is C14H21NO2. The number of fused-ring (bicyclic) bond motifs is 1. The Morgan fingerprint density at radius 1 is 1.35 bits per heavy atom. The molecule has 94 valence electrons. The van der Waals surface area contributed by atoms with E-state index in [4.69, 9.17) is 4.74 Å². The minimum Gasteiger partial charge on any atom is -0.496 e. The highest BCUT2D eigenvalue weighted by molar-refractivity contribution is 5.43. The van der Waals surface area contributed by atoms with Crippen LogP contribution >= 0.6 is 0 Å². The van der Waals surface area contributed by atoms with Crippen molar-refractivity contribution in [1.82, 2.24) is 5.32 Å². The van der Waals surface area contributed by atoms with Crippen molar-refractivity contribution in [3.8, 4) is 5.75 Å². The second-order valence-electron chi connectivity index (χ2n) is 5.00. The number of hydrogen-bond donors (Lipinski definition) is 2. The fourth-order valence-corrected chi connectivity index (χ4v) is 2.55. The highest BCUT2D eigenvalue weighted by Crippen LogP contribution is 2.29. The second-order valence-corrected chi connectivity index (χ2v) is 5.00. The first-order valence-corrected chi connectivity index (χ1v) is 6.20. The summed E-state index contributed by atoms with van der Waals surface area (Å²) in [6, 6.07) is 6.56. The summed E-state index contributed by atoms with van der Waals surface area (Å²) in [5, 5.41) is 13.5. The van der Waals surface area contributed by atoms with E-state index in [9.17, 15) is 5.11 Å². The van der Waals surface area contributed by atoms with Gasteiger partial charge in [0.15, 0.2) is 0 Å². The van der Waals surface area contributed by atoms with Crippen molar-refractivity contribution in [2.45, 2.75) is 44.9 Å². The van der Waals surface area contributed by atoms with E-state index in [0.29, 0.717) is 12.5 Å². The third-order valence-electron chi connectivity index (χ3n) is 3.31. The van der Waals surface area contributed by atoms with E-state index in [0.717, 1.165) is 12.2 Å². The molecule has 0 aliphatic heterocycles. The minimum atomic E-state index is -0.308. The number of nitrogens with one attached hydrogen (secondary N) is 1. The molecule has 0 fully saturated rings. The van der Waals surface area contributed by atoms with Crippen LogP contribution in [-0.2, 0) is 12.8 Å². The Balaban J connectivity index is 2.25. The lowest BCUT2D eigenvalue weighted by molar-refractivity contribution is 0.114. The first kappa shape index (κ1) is 12.4. The topological polar surface area (TPSA) is 41.5 Å². The Kier molecular flexibility index (Phi) is 3.69. The molecule has 0 radical (unpaired) electrons. The zero-order valence-electron chi connectivity index (χ0n) is 10.7. The van der Waals surface area contributed by atoms with Crippen molar-refractivity contribution >= 4 is 0 Å². The van der Waals surface area contributed by atoms with Gasteiger partial charge in [-0.25, -0.2) is 0 Å². The molecule has 1 aromatic carbocycles. The predicted molar refractivity (Wildman–Crippen MR) is 68.5 cm³/mol. The van der Waals surface area contributed by atoms with Gasteiger partial charge in [-0.3, -0.25) is 0 Å². The van der Waals surface area contributed by atoms with Crippen molar-refractivity contribution in [3.63, 3.8) is 0 Å². The van der Waals surface area contributed by atoms with E-state index < -0.39 is 0 Å². The van der Waals surface area contributed by atoms with Crippen LogP contribution in [-0.4, -0.2) is 30.4 Å². The monoisotopic (exact) mass is 235 g/mol. The van der Waals surface area contributed by atoms with Gasteiger partial charge in [0.25, 0.3) is 0 Å². The zero-order valence-corrected chi connectivity index (χ0v) is 10.7. The maximum Gasteiger partial charge on any atom is 0.122 e. The quantitative estimate of drug-likeness (QED) is 0.834. The maximum atomic E-state index is 10.1. The third kappa shape index (κ3) is 2.61. The van der Waals surface area contributed by atoms with Crippen LogP contribution in [0.5, 0.6) is 5.75 Å². The fraction of sp³-hybridized carbons (Fsp3) is 0.571. The molecule has 1 aromatic rings.